The highest BCUT2D eigenvalue weighted by molar-refractivity contribution is 9.10. The molecule has 8 heteroatoms. The fourth-order valence-electron chi connectivity index (χ4n) is 2.32. The number of carbonyl (C=O) groups is 3. The molecule has 1 aliphatic rings. The summed E-state index contributed by atoms with van der Waals surface area (Å²) in [6, 6.07) is 9.70. The maximum absolute atomic E-state index is 12.3. The van der Waals surface area contributed by atoms with Crippen LogP contribution >= 0.6 is 39.1 Å². The third-order valence-corrected chi connectivity index (χ3v) is 4.87. The summed E-state index contributed by atoms with van der Waals surface area (Å²) in [6.45, 7) is -0.400. The second-order valence-electron chi connectivity index (χ2n) is 5.04. The van der Waals surface area contributed by atoms with Crippen LogP contribution in [-0.2, 0) is 4.79 Å². The van der Waals surface area contributed by atoms with E-state index in [0.29, 0.717) is 10.2 Å². The molecule has 2 aromatic rings. The molecule has 5 nitrogen and oxygen atoms in total. The largest absolute Gasteiger partial charge is 0.324 e. The third-order valence-electron chi connectivity index (χ3n) is 3.46. The van der Waals surface area contributed by atoms with Crippen LogP contribution in [0.3, 0.4) is 0 Å². The van der Waals surface area contributed by atoms with Crippen LogP contribution in [0.2, 0.25) is 10.0 Å². The molecule has 0 radical (unpaired) electrons. The number of hydrogen-bond acceptors (Lipinski definition) is 3. The normalized spacial score (nSPS) is 13.2. The molecule has 0 saturated carbocycles. The topological polar surface area (TPSA) is 66.5 Å². The van der Waals surface area contributed by atoms with Crippen molar-refractivity contribution in [2.45, 2.75) is 0 Å². The van der Waals surface area contributed by atoms with Crippen LogP contribution in [0.4, 0.5) is 5.69 Å². The Morgan fingerprint density at radius 3 is 2.12 bits per heavy atom. The van der Waals surface area contributed by atoms with Crippen LogP contribution in [0.25, 0.3) is 0 Å². The number of halogens is 3. The Kier molecular flexibility index (Phi) is 4.62. The average molecular weight is 428 g/mol. The summed E-state index contributed by atoms with van der Waals surface area (Å²) >= 11 is 15.1. The van der Waals surface area contributed by atoms with E-state index in [0.717, 1.165) is 4.90 Å². The zero-order valence-corrected chi connectivity index (χ0v) is 15.1. The van der Waals surface area contributed by atoms with E-state index in [1.54, 1.807) is 24.3 Å². The molecule has 1 N–H and O–H groups in total. The van der Waals surface area contributed by atoms with Crippen molar-refractivity contribution in [1.82, 2.24) is 4.90 Å². The van der Waals surface area contributed by atoms with Crippen molar-refractivity contribution in [3.05, 3.63) is 62.0 Å². The molecule has 0 spiro atoms. The first-order valence-corrected chi connectivity index (χ1v) is 8.33. The fourth-order valence-corrected chi connectivity index (χ4v) is 3.03. The van der Waals surface area contributed by atoms with Crippen molar-refractivity contribution in [3.8, 4) is 0 Å². The number of imide groups is 1. The van der Waals surface area contributed by atoms with Gasteiger partial charge in [-0.15, -0.1) is 0 Å². The Labute approximate surface area is 155 Å². The van der Waals surface area contributed by atoms with Gasteiger partial charge < -0.3 is 5.32 Å². The zero-order valence-electron chi connectivity index (χ0n) is 12.0. The van der Waals surface area contributed by atoms with Gasteiger partial charge in [-0.05, 0) is 40.2 Å². The summed E-state index contributed by atoms with van der Waals surface area (Å²) in [6.07, 6.45) is 0. The molecule has 0 bridgehead atoms. The fraction of sp³-hybridized carbons (Fsp3) is 0.0625. The lowest BCUT2D eigenvalue weighted by Crippen LogP contribution is -2.37. The number of nitrogens with one attached hydrogen (secondary N) is 1. The van der Waals surface area contributed by atoms with Crippen molar-refractivity contribution >= 4 is 62.5 Å². The van der Waals surface area contributed by atoms with Crippen molar-refractivity contribution in [2.75, 3.05) is 11.9 Å². The van der Waals surface area contributed by atoms with Gasteiger partial charge in [-0.1, -0.05) is 35.3 Å². The van der Waals surface area contributed by atoms with Gasteiger partial charge in [0.2, 0.25) is 5.91 Å². The van der Waals surface area contributed by atoms with E-state index in [1.165, 1.54) is 12.1 Å². The summed E-state index contributed by atoms with van der Waals surface area (Å²) in [5.41, 5.74) is 0.830. The molecule has 3 rings (SSSR count). The molecular weight excluding hydrogens is 419 g/mol. The molecular formula is C16H9BrCl2N2O3. The highest BCUT2D eigenvalue weighted by Gasteiger charge is 2.37. The first-order chi connectivity index (χ1) is 11.4. The highest BCUT2D eigenvalue weighted by Crippen LogP contribution is 2.31. The van der Waals surface area contributed by atoms with Crippen LogP contribution in [-0.4, -0.2) is 29.2 Å². The molecule has 0 unspecified atom stereocenters. The molecule has 0 aliphatic carbocycles. The number of benzene rings is 2. The lowest BCUT2D eigenvalue weighted by atomic mass is 10.1. The third kappa shape index (κ3) is 3.05. The highest BCUT2D eigenvalue weighted by atomic mass is 79.9. The Balaban J connectivity index is 1.79. The molecule has 24 heavy (non-hydrogen) atoms. The molecule has 0 aromatic heterocycles. The Bertz CT molecular complexity index is 845. The average Bonchev–Trinajstić information content (AvgIpc) is 2.75. The Morgan fingerprint density at radius 1 is 1.04 bits per heavy atom. The zero-order chi connectivity index (χ0) is 17.4. The lowest BCUT2D eigenvalue weighted by Gasteiger charge is -2.14. The summed E-state index contributed by atoms with van der Waals surface area (Å²) in [4.78, 5) is 37.7. The summed E-state index contributed by atoms with van der Waals surface area (Å²) in [5, 5.41) is 3.00. The molecule has 1 heterocycles. The minimum atomic E-state index is -0.573. The van der Waals surface area contributed by atoms with E-state index in [2.05, 4.69) is 21.2 Å². The predicted molar refractivity (Wildman–Crippen MR) is 94.6 cm³/mol. The predicted octanol–water partition coefficient (Wildman–Crippen LogP) is 3.99. The van der Waals surface area contributed by atoms with Crippen LogP contribution in [0, 0.1) is 0 Å². The van der Waals surface area contributed by atoms with Gasteiger partial charge in [0.25, 0.3) is 11.8 Å². The Morgan fingerprint density at radius 2 is 1.58 bits per heavy atom. The standard InChI is InChI=1S/C16H9BrCl2N2O3/c17-10-3-1-2-4-13(10)20-14(22)7-21-15(23)8-5-11(18)12(19)6-9(8)16(21)24/h1-6H,7H2,(H,20,22). The van der Waals surface area contributed by atoms with Crippen molar-refractivity contribution in [1.29, 1.82) is 0 Å². The van der Waals surface area contributed by atoms with Crippen LogP contribution in [0.1, 0.15) is 20.7 Å². The summed E-state index contributed by atoms with van der Waals surface area (Å²) in [5.74, 6) is -1.64. The molecule has 0 fully saturated rings. The van der Waals surface area contributed by atoms with E-state index < -0.39 is 24.3 Å². The lowest BCUT2D eigenvalue weighted by molar-refractivity contribution is -0.116. The van der Waals surface area contributed by atoms with E-state index in [1.807, 2.05) is 0 Å². The minimum Gasteiger partial charge on any atom is -0.324 e. The van der Waals surface area contributed by atoms with Crippen molar-refractivity contribution in [2.24, 2.45) is 0 Å². The minimum absolute atomic E-state index is 0.142. The maximum Gasteiger partial charge on any atom is 0.262 e. The van der Waals surface area contributed by atoms with Crippen LogP contribution < -0.4 is 5.32 Å². The SMILES string of the molecule is O=C(CN1C(=O)c2cc(Cl)c(Cl)cc2C1=O)Nc1ccccc1Br. The second-order valence-corrected chi connectivity index (χ2v) is 6.71. The maximum atomic E-state index is 12.3. The number of fused-ring (bicyclic) bond motifs is 1. The van der Waals surface area contributed by atoms with Gasteiger partial charge in [-0.3, -0.25) is 19.3 Å². The van der Waals surface area contributed by atoms with Gasteiger partial charge in [-0.2, -0.15) is 0 Å². The number of amides is 3. The van der Waals surface area contributed by atoms with Gasteiger partial charge in [0.1, 0.15) is 6.54 Å². The number of para-hydroxylation sites is 1. The van der Waals surface area contributed by atoms with E-state index in [4.69, 9.17) is 23.2 Å². The Hall–Kier alpha value is -1.89. The number of hydrogen-bond donors (Lipinski definition) is 1. The number of carbonyl (C=O) groups excluding carboxylic acids is 3. The molecule has 1 aliphatic heterocycles. The van der Waals surface area contributed by atoms with E-state index in [9.17, 15) is 14.4 Å². The van der Waals surface area contributed by atoms with Gasteiger partial charge in [-0.25, -0.2) is 0 Å². The number of nitrogens with zero attached hydrogens (tertiary/aromatic N) is 1. The second kappa shape index (κ2) is 6.55. The van der Waals surface area contributed by atoms with Crippen LogP contribution in [0.15, 0.2) is 40.9 Å². The van der Waals surface area contributed by atoms with Gasteiger partial charge in [0.15, 0.2) is 0 Å². The van der Waals surface area contributed by atoms with Crippen molar-refractivity contribution in [3.63, 3.8) is 0 Å². The van der Waals surface area contributed by atoms with Crippen LogP contribution in [0.5, 0.6) is 0 Å². The summed E-state index contributed by atoms with van der Waals surface area (Å²) in [7, 11) is 0. The molecule has 0 atom stereocenters. The molecule has 3 amide bonds. The van der Waals surface area contributed by atoms with Crippen molar-refractivity contribution < 1.29 is 14.4 Å². The first-order valence-electron chi connectivity index (χ1n) is 6.78. The van der Waals surface area contributed by atoms with E-state index >= 15 is 0 Å². The quantitative estimate of drug-likeness (QED) is 0.753. The number of rotatable bonds is 3. The summed E-state index contributed by atoms with van der Waals surface area (Å²) < 4.78 is 0.694. The van der Waals surface area contributed by atoms with Gasteiger partial charge >= 0.3 is 0 Å². The molecule has 0 saturated heterocycles. The molecule has 122 valence electrons. The van der Waals surface area contributed by atoms with Gasteiger partial charge in [0, 0.05) is 4.47 Å². The van der Waals surface area contributed by atoms with E-state index in [-0.39, 0.29) is 21.2 Å². The molecule has 2 aromatic carbocycles. The first kappa shape index (κ1) is 17.0. The number of anilines is 1. The monoisotopic (exact) mass is 426 g/mol. The van der Waals surface area contributed by atoms with Gasteiger partial charge in [0.05, 0.1) is 26.9 Å². The smallest absolute Gasteiger partial charge is 0.262 e.